The highest BCUT2D eigenvalue weighted by atomic mass is 16.4. The summed E-state index contributed by atoms with van der Waals surface area (Å²) in [7, 11) is 0. The van der Waals surface area contributed by atoms with Crippen LogP contribution in [-0.4, -0.2) is 26.8 Å². The molecule has 27 heavy (non-hydrogen) atoms. The summed E-state index contributed by atoms with van der Waals surface area (Å²) in [6.45, 7) is 10.1. The zero-order chi connectivity index (χ0) is 20.4. The van der Waals surface area contributed by atoms with Crippen LogP contribution in [0.5, 0.6) is 11.5 Å². The van der Waals surface area contributed by atoms with Crippen LogP contribution < -0.4 is 5.73 Å². The van der Waals surface area contributed by atoms with E-state index >= 15 is 0 Å². The van der Waals surface area contributed by atoms with Crippen LogP contribution in [0.4, 0.5) is 0 Å². The molecule has 0 saturated heterocycles. The van der Waals surface area contributed by atoms with E-state index in [2.05, 4.69) is 20.4 Å². The number of benzene rings is 1. The first-order chi connectivity index (χ1) is 12.6. The summed E-state index contributed by atoms with van der Waals surface area (Å²) >= 11 is 0. The van der Waals surface area contributed by atoms with E-state index < -0.39 is 11.5 Å². The molecule has 5 N–H and O–H groups in total. The Bertz CT molecular complexity index is 728. The average molecular weight is 376 g/mol. The molecule has 1 aromatic rings. The normalized spacial score (nSPS) is 25.3. The van der Waals surface area contributed by atoms with Crippen LogP contribution >= 0.6 is 0 Å². The van der Waals surface area contributed by atoms with E-state index in [1.807, 2.05) is 6.92 Å². The molecule has 0 bridgehead atoms. The van der Waals surface area contributed by atoms with Gasteiger partial charge in [0.25, 0.3) is 0 Å². The highest BCUT2D eigenvalue weighted by molar-refractivity contribution is 5.94. The standard InChI is InChI=1S/C22H33NO4/c1-5-6-7-8-15-12-17(24)19(20(25)18(15)21(26)27)16-11-14(4)9-10-22(16,23)13(2)3/h12,14,16,24-25H,2,5-11,23H2,1,3-4H3,(H,26,27)/t14?,16-,22+/m0/s1. The molecule has 1 fully saturated rings. The lowest BCUT2D eigenvalue weighted by Crippen LogP contribution is -2.50. The van der Waals surface area contributed by atoms with Gasteiger partial charge in [0.1, 0.15) is 17.1 Å². The molecular weight excluding hydrogens is 342 g/mol. The second kappa shape index (κ2) is 8.34. The molecule has 0 spiro atoms. The largest absolute Gasteiger partial charge is 0.508 e. The summed E-state index contributed by atoms with van der Waals surface area (Å²) in [6, 6.07) is 1.51. The minimum absolute atomic E-state index is 0.0702. The van der Waals surface area contributed by atoms with Crippen molar-refractivity contribution in [1.82, 2.24) is 0 Å². The number of aromatic carboxylic acids is 1. The van der Waals surface area contributed by atoms with Crippen LogP contribution in [-0.2, 0) is 6.42 Å². The summed E-state index contributed by atoms with van der Waals surface area (Å²) in [5.41, 5.74) is 7.29. The van der Waals surface area contributed by atoms with Crippen molar-refractivity contribution < 1.29 is 20.1 Å². The predicted molar refractivity (Wildman–Crippen MR) is 107 cm³/mol. The van der Waals surface area contributed by atoms with Gasteiger partial charge < -0.3 is 21.1 Å². The number of aromatic hydroxyl groups is 2. The molecule has 1 aliphatic rings. The van der Waals surface area contributed by atoms with Crippen LogP contribution in [0.3, 0.4) is 0 Å². The van der Waals surface area contributed by atoms with Crippen LogP contribution in [0, 0.1) is 5.92 Å². The van der Waals surface area contributed by atoms with E-state index in [-0.39, 0.29) is 28.5 Å². The predicted octanol–water partition coefficient (Wildman–Crippen LogP) is 4.71. The van der Waals surface area contributed by atoms with E-state index in [1.54, 1.807) is 0 Å². The molecule has 0 aromatic heterocycles. The third-order valence-electron chi connectivity index (χ3n) is 6.12. The molecule has 1 aromatic carbocycles. The molecule has 2 rings (SSSR count). The minimum atomic E-state index is -1.18. The summed E-state index contributed by atoms with van der Waals surface area (Å²) in [5.74, 6) is -1.60. The molecule has 0 amide bonds. The van der Waals surface area contributed by atoms with Crippen molar-refractivity contribution in [2.24, 2.45) is 11.7 Å². The van der Waals surface area contributed by atoms with Gasteiger partial charge in [0.15, 0.2) is 0 Å². The van der Waals surface area contributed by atoms with Gasteiger partial charge in [-0.3, -0.25) is 0 Å². The zero-order valence-electron chi connectivity index (χ0n) is 16.7. The first-order valence-corrected chi connectivity index (χ1v) is 9.89. The first-order valence-electron chi connectivity index (χ1n) is 9.89. The van der Waals surface area contributed by atoms with Gasteiger partial charge in [-0.25, -0.2) is 4.79 Å². The van der Waals surface area contributed by atoms with Gasteiger partial charge in [0.2, 0.25) is 0 Å². The van der Waals surface area contributed by atoms with Crippen molar-refractivity contribution in [2.75, 3.05) is 0 Å². The lowest BCUT2D eigenvalue weighted by atomic mass is 9.64. The number of carboxylic acids is 1. The molecule has 1 unspecified atom stereocenters. The Labute approximate surface area is 161 Å². The Balaban J connectivity index is 2.60. The molecule has 0 aliphatic heterocycles. The molecule has 5 nitrogen and oxygen atoms in total. The van der Waals surface area contributed by atoms with Gasteiger partial charge >= 0.3 is 5.97 Å². The number of nitrogens with two attached hydrogens (primary N) is 1. The Morgan fingerprint density at radius 3 is 2.59 bits per heavy atom. The Morgan fingerprint density at radius 1 is 1.37 bits per heavy atom. The number of unbranched alkanes of at least 4 members (excludes halogenated alkanes) is 2. The smallest absolute Gasteiger partial charge is 0.339 e. The number of phenols is 2. The van der Waals surface area contributed by atoms with Crippen LogP contribution in [0.25, 0.3) is 0 Å². The second-order valence-corrected chi connectivity index (χ2v) is 8.21. The van der Waals surface area contributed by atoms with Gasteiger partial charge in [-0.2, -0.15) is 0 Å². The average Bonchev–Trinajstić information content (AvgIpc) is 2.57. The van der Waals surface area contributed by atoms with Crippen molar-refractivity contribution in [3.05, 3.63) is 34.9 Å². The maximum atomic E-state index is 11.9. The highest BCUT2D eigenvalue weighted by Crippen LogP contribution is 2.51. The van der Waals surface area contributed by atoms with Crippen molar-refractivity contribution in [2.45, 2.75) is 77.2 Å². The number of carboxylic acid groups (broad SMARTS) is 1. The topological polar surface area (TPSA) is 104 Å². The third-order valence-corrected chi connectivity index (χ3v) is 6.12. The van der Waals surface area contributed by atoms with Crippen LogP contribution in [0.1, 0.15) is 86.7 Å². The van der Waals surface area contributed by atoms with Gasteiger partial charge in [0, 0.05) is 17.0 Å². The Hall–Kier alpha value is -2.01. The second-order valence-electron chi connectivity index (χ2n) is 8.21. The van der Waals surface area contributed by atoms with Crippen LogP contribution in [0.15, 0.2) is 18.2 Å². The summed E-state index contributed by atoms with van der Waals surface area (Å²) in [4.78, 5) is 11.9. The molecule has 5 heteroatoms. The molecule has 3 atom stereocenters. The number of rotatable bonds is 7. The fraction of sp³-hybridized carbons (Fsp3) is 0.591. The molecular formula is C22H33NO4. The molecule has 1 saturated carbocycles. The highest BCUT2D eigenvalue weighted by Gasteiger charge is 2.44. The molecule has 150 valence electrons. The third kappa shape index (κ3) is 4.13. The van der Waals surface area contributed by atoms with Crippen molar-refractivity contribution in [3.63, 3.8) is 0 Å². The van der Waals surface area contributed by atoms with Crippen molar-refractivity contribution >= 4 is 5.97 Å². The number of phenolic OH excluding ortho intramolecular Hbond substituents is 1. The van der Waals surface area contributed by atoms with Gasteiger partial charge in [-0.1, -0.05) is 38.8 Å². The number of carbonyl (C=O) groups is 1. The van der Waals surface area contributed by atoms with E-state index in [1.165, 1.54) is 6.07 Å². The quantitative estimate of drug-likeness (QED) is 0.408. The van der Waals surface area contributed by atoms with E-state index in [0.29, 0.717) is 30.7 Å². The lowest BCUT2D eigenvalue weighted by Gasteiger charge is -2.45. The van der Waals surface area contributed by atoms with E-state index in [4.69, 9.17) is 5.73 Å². The summed E-state index contributed by atoms with van der Waals surface area (Å²) < 4.78 is 0. The first kappa shape index (κ1) is 21.3. The van der Waals surface area contributed by atoms with Crippen LogP contribution in [0.2, 0.25) is 0 Å². The fourth-order valence-corrected chi connectivity index (χ4v) is 4.34. The summed E-state index contributed by atoms with van der Waals surface area (Å²) in [5, 5.41) is 31.4. The zero-order valence-corrected chi connectivity index (χ0v) is 16.7. The minimum Gasteiger partial charge on any atom is -0.508 e. The van der Waals surface area contributed by atoms with E-state index in [9.17, 15) is 20.1 Å². The Morgan fingerprint density at radius 2 is 2.04 bits per heavy atom. The van der Waals surface area contributed by atoms with Gasteiger partial charge in [0.05, 0.1) is 0 Å². The lowest BCUT2D eigenvalue weighted by molar-refractivity contribution is 0.0692. The molecule has 0 heterocycles. The number of hydrogen-bond acceptors (Lipinski definition) is 4. The van der Waals surface area contributed by atoms with Crippen molar-refractivity contribution in [1.29, 1.82) is 0 Å². The van der Waals surface area contributed by atoms with Crippen molar-refractivity contribution in [3.8, 4) is 11.5 Å². The summed E-state index contributed by atoms with van der Waals surface area (Å²) in [6.07, 6.45) is 5.57. The monoisotopic (exact) mass is 375 g/mol. The molecule has 1 aliphatic carbocycles. The fourth-order valence-electron chi connectivity index (χ4n) is 4.34. The maximum Gasteiger partial charge on any atom is 0.339 e. The molecule has 0 radical (unpaired) electrons. The van der Waals surface area contributed by atoms with E-state index in [0.717, 1.165) is 31.3 Å². The SMILES string of the molecule is C=C(C)[C@]1(N)CCC(C)C[C@H]1c1c(O)cc(CCCCC)c(C(=O)O)c1O. The van der Waals surface area contributed by atoms with Gasteiger partial charge in [-0.05, 0) is 56.6 Å². The number of aryl methyl sites for hydroxylation is 1. The Kier molecular flexibility index (Phi) is 6.58. The van der Waals surface area contributed by atoms with Gasteiger partial charge in [-0.15, -0.1) is 0 Å². The maximum absolute atomic E-state index is 11.9. The number of hydrogen-bond donors (Lipinski definition) is 4.